The fraction of sp³-hybridized carbons (Fsp3) is 0.200. The predicted octanol–water partition coefficient (Wildman–Crippen LogP) is 2.63. The van der Waals surface area contributed by atoms with Crippen molar-refractivity contribution in [3.8, 4) is 0 Å². The van der Waals surface area contributed by atoms with Crippen molar-refractivity contribution in [2.24, 2.45) is 0 Å². The molecule has 0 saturated carbocycles. The van der Waals surface area contributed by atoms with Crippen molar-refractivity contribution >= 4 is 22.7 Å². The number of benzene rings is 2. The van der Waals surface area contributed by atoms with Gasteiger partial charge in [0.05, 0.1) is 0 Å². The molecule has 0 aromatic heterocycles. The standard InChI is InChI=1S/C8H12N2.C7H10N2/c1-5-3-4-7(9)6(2)8(5)10;1-5-4-6(8)2-3-7(5)9/h3-4H,9-10H2,1-2H3;2-4H,8-9H2,1H3. The molecule has 0 aliphatic rings. The second-order valence-electron chi connectivity index (χ2n) is 4.63. The Morgan fingerprint density at radius 2 is 1.26 bits per heavy atom. The Balaban J connectivity index is 0.000000191. The van der Waals surface area contributed by atoms with E-state index >= 15 is 0 Å². The minimum absolute atomic E-state index is 0.765. The number of hydrogen-bond donors (Lipinski definition) is 4. The summed E-state index contributed by atoms with van der Waals surface area (Å²) in [4.78, 5) is 0. The van der Waals surface area contributed by atoms with Crippen molar-refractivity contribution in [3.63, 3.8) is 0 Å². The Hall–Kier alpha value is -2.36. The highest BCUT2D eigenvalue weighted by atomic mass is 14.6. The monoisotopic (exact) mass is 258 g/mol. The molecule has 0 unspecified atom stereocenters. The molecule has 8 N–H and O–H groups in total. The number of anilines is 4. The SMILES string of the molecule is Cc1cc(N)ccc1N.Cc1ccc(N)c(C)c1N. The molecule has 0 saturated heterocycles. The Kier molecular flexibility index (Phi) is 4.64. The first kappa shape index (κ1) is 14.7. The smallest absolute Gasteiger partial charge is 0.0394 e. The third kappa shape index (κ3) is 3.81. The molecule has 0 aliphatic carbocycles. The molecule has 0 amide bonds. The molecule has 2 aromatic rings. The van der Waals surface area contributed by atoms with Crippen LogP contribution in [0.5, 0.6) is 0 Å². The summed E-state index contributed by atoms with van der Waals surface area (Å²) in [6, 6.07) is 9.26. The molecule has 102 valence electrons. The van der Waals surface area contributed by atoms with Gasteiger partial charge in [0.25, 0.3) is 0 Å². The summed E-state index contributed by atoms with van der Waals surface area (Å²) in [6.07, 6.45) is 0. The van der Waals surface area contributed by atoms with Gasteiger partial charge in [0, 0.05) is 22.7 Å². The first-order valence-corrected chi connectivity index (χ1v) is 6.05. The predicted molar refractivity (Wildman–Crippen MR) is 84.7 cm³/mol. The van der Waals surface area contributed by atoms with Crippen LogP contribution in [0.3, 0.4) is 0 Å². The van der Waals surface area contributed by atoms with E-state index in [0.717, 1.165) is 39.4 Å². The maximum Gasteiger partial charge on any atom is 0.0394 e. The summed E-state index contributed by atoms with van der Waals surface area (Å²) in [5, 5.41) is 0. The summed E-state index contributed by atoms with van der Waals surface area (Å²) in [5.74, 6) is 0. The second kappa shape index (κ2) is 6.00. The number of nitrogens with two attached hydrogens (primary N) is 4. The van der Waals surface area contributed by atoms with E-state index < -0.39 is 0 Å². The van der Waals surface area contributed by atoms with Gasteiger partial charge in [-0.25, -0.2) is 0 Å². The minimum Gasteiger partial charge on any atom is -0.399 e. The fourth-order valence-electron chi connectivity index (χ4n) is 1.58. The van der Waals surface area contributed by atoms with E-state index in [1.807, 2.05) is 45.0 Å². The molecule has 0 spiro atoms. The zero-order valence-electron chi connectivity index (χ0n) is 11.7. The quantitative estimate of drug-likeness (QED) is 0.545. The highest BCUT2D eigenvalue weighted by molar-refractivity contribution is 5.64. The van der Waals surface area contributed by atoms with Gasteiger partial charge >= 0.3 is 0 Å². The largest absolute Gasteiger partial charge is 0.399 e. The first-order chi connectivity index (χ1) is 8.82. The molecule has 4 nitrogen and oxygen atoms in total. The molecule has 0 aliphatic heterocycles. The number of aryl methyl sites for hydroxylation is 2. The van der Waals surface area contributed by atoms with Crippen molar-refractivity contribution in [3.05, 3.63) is 47.0 Å². The molecular weight excluding hydrogens is 236 g/mol. The molecule has 0 atom stereocenters. The van der Waals surface area contributed by atoms with Gasteiger partial charge in [-0.1, -0.05) is 6.07 Å². The average molecular weight is 258 g/mol. The Morgan fingerprint density at radius 1 is 0.684 bits per heavy atom. The normalized spacial score (nSPS) is 9.63. The van der Waals surface area contributed by atoms with Crippen molar-refractivity contribution in [1.82, 2.24) is 0 Å². The van der Waals surface area contributed by atoms with Gasteiger partial charge in [-0.3, -0.25) is 0 Å². The zero-order chi connectivity index (χ0) is 14.6. The lowest BCUT2D eigenvalue weighted by molar-refractivity contribution is 1.39. The van der Waals surface area contributed by atoms with Crippen LogP contribution in [0, 0.1) is 20.8 Å². The van der Waals surface area contributed by atoms with Crippen LogP contribution in [0.4, 0.5) is 22.7 Å². The zero-order valence-corrected chi connectivity index (χ0v) is 11.7. The lowest BCUT2D eigenvalue weighted by atomic mass is 10.1. The summed E-state index contributed by atoms with van der Waals surface area (Å²) in [5.41, 5.74) is 28.6. The maximum absolute atomic E-state index is 5.70. The molecule has 4 heteroatoms. The Morgan fingerprint density at radius 3 is 1.74 bits per heavy atom. The first-order valence-electron chi connectivity index (χ1n) is 6.05. The number of hydrogen-bond acceptors (Lipinski definition) is 4. The number of nitrogen functional groups attached to an aromatic ring is 4. The highest BCUT2D eigenvalue weighted by Crippen LogP contribution is 2.21. The molecular formula is C15H22N4. The molecule has 0 fully saturated rings. The van der Waals surface area contributed by atoms with E-state index in [-0.39, 0.29) is 0 Å². The Bertz CT molecular complexity index is 550. The van der Waals surface area contributed by atoms with Crippen LogP contribution in [0.1, 0.15) is 16.7 Å². The van der Waals surface area contributed by atoms with Crippen molar-refractivity contribution in [2.75, 3.05) is 22.9 Å². The molecule has 0 radical (unpaired) electrons. The van der Waals surface area contributed by atoms with Crippen LogP contribution < -0.4 is 22.9 Å². The van der Waals surface area contributed by atoms with Crippen LogP contribution in [-0.4, -0.2) is 0 Å². The van der Waals surface area contributed by atoms with Crippen molar-refractivity contribution in [1.29, 1.82) is 0 Å². The van der Waals surface area contributed by atoms with E-state index in [4.69, 9.17) is 22.9 Å². The fourth-order valence-corrected chi connectivity index (χ4v) is 1.58. The molecule has 0 heterocycles. The van der Waals surface area contributed by atoms with E-state index in [1.165, 1.54) is 0 Å². The number of rotatable bonds is 0. The van der Waals surface area contributed by atoms with Gasteiger partial charge in [-0.2, -0.15) is 0 Å². The van der Waals surface area contributed by atoms with Gasteiger partial charge in [0.1, 0.15) is 0 Å². The van der Waals surface area contributed by atoms with Crippen LogP contribution in [0.25, 0.3) is 0 Å². The lowest BCUT2D eigenvalue weighted by Crippen LogP contribution is -1.97. The van der Waals surface area contributed by atoms with E-state index in [0.29, 0.717) is 0 Å². The van der Waals surface area contributed by atoms with Crippen LogP contribution in [0.15, 0.2) is 30.3 Å². The minimum atomic E-state index is 0.765. The summed E-state index contributed by atoms with van der Waals surface area (Å²) < 4.78 is 0. The lowest BCUT2D eigenvalue weighted by Gasteiger charge is -2.05. The summed E-state index contributed by atoms with van der Waals surface area (Å²) in [7, 11) is 0. The van der Waals surface area contributed by atoms with Gasteiger partial charge in [-0.05, 0) is 61.7 Å². The maximum atomic E-state index is 5.70. The molecule has 0 bridgehead atoms. The van der Waals surface area contributed by atoms with E-state index in [9.17, 15) is 0 Å². The van der Waals surface area contributed by atoms with Gasteiger partial charge in [0.2, 0.25) is 0 Å². The summed E-state index contributed by atoms with van der Waals surface area (Å²) >= 11 is 0. The van der Waals surface area contributed by atoms with E-state index in [2.05, 4.69) is 0 Å². The second-order valence-corrected chi connectivity index (χ2v) is 4.63. The molecule has 19 heavy (non-hydrogen) atoms. The van der Waals surface area contributed by atoms with Crippen molar-refractivity contribution < 1.29 is 0 Å². The van der Waals surface area contributed by atoms with Gasteiger partial charge in [0.15, 0.2) is 0 Å². The molecule has 2 rings (SSSR count). The summed E-state index contributed by atoms with van der Waals surface area (Å²) in [6.45, 7) is 5.84. The van der Waals surface area contributed by atoms with E-state index in [1.54, 1.807) is 6.07 Å². The highest BCUT2D eigenvalue weighted by Gasteiger charge is 1.99. The topological polar surface area (TPSA) is 104 Å². The molecule has 2 aromatic carbocycles. The van der Waals surface area contributed by atoms with Crippen molar-refractivity contribution in [2.45, 2.75) is 20.8 Å². The Labute approximate surface area is 114 Å². The third-order valence-corrected chi connectivity index (χ3v) is 3.07. The van der Waals surface area contributed by atoms with Gasteiger partial charge in [-0.15, -0.1) is 0 Å². The average Bonchev–Trinajstić information content (AvgIpc) is 2.37. The van der Waals surface area contributed by atoms with Crippen LogP contribution in [0.2, 0.25) is 0 Å². The van der Waals surface area contributed by atoms with Crippen LogP contribution >= 0.6 is 0 Å². The van der Waals surface area contributed by atoms with Crippen LogP contribution in [-0.2, 0) is 0 Å². The van der Waals surface area contributed by atoms with Gasteiger partial charge < -0.3 is 22.9 Å². The third-order valence-electron chi connectivity index (χ3n) is 3.07.